The van der Waals surface area contributed by atoms with Crippen molar-refractivity contribution in [3.8, 4) is 5.75 Å². The lowest BCUT2D eigenvalue weighted by molar-refractivity contribution is -0.142. The van der Waals surface area contributed by atoms with Gasteiger partial charge in [-0.1, -0.05) is 13.8 Å². The van der Waals surface area contributed by atoms with E-state index in [1.807, 2.05) is 0 Å². The summed E-state index contributed by atoms with van der Waals surface area (Å²) in [5.74, 6) is -1.39. The van der Waals surface area contributed by atoms with E-state index < -0.39 is 21.9 Å². The highest BCUT2D eigenvalue weighted by Gasteiger charge is 2.24. The Labute approximate surface area is 118 Å². The molecule has 0 aliphatic heterocycles. The highest BCUT2D eigenvalue weighted by Crippen LogP contribution is 2.16. The summed E-state index contributed by atoms with van der Waals surface area (Å²) >= 11 is 0. The molecular formula is C13H19NO5S. The van der Waals surface area contributed by atoms with Gasteiger partial charge in [0.1, 0.15) is 5.75 Å². The summed E-state index contributed by atoms with van der Waals surface area (Å²) in [7, 11) is -2.23. The minimum Gasteiger partial charge on any atom is -0.497 e. The van der Waals surface area contributed by atoms with Crippen LogP contribution in [-0.2, 0) is 14.8 Å². The normalized spacial score (nSPS) is 13.2. The molecule has 0 bridgehead atoms. The van der Waals surface area contributed by atoms with E-state index in [1.54, 1.807) is 13.8 Å². The molecule has 0 aliphatic rings. The molecule has 0 fully saturated rings. The van der Waals surface area contributed by atoms with Gasteiger partial charge in [0.25, 0.3) is 0 Å². The maximum atomic E-state index is 12.0. The molecule has 2 N–H and O–H groups in total. The van der Waals surface area contributed by atoms with Gasteiger partial charge >= 0.3 is 5.97 Å². The van der Waals surface area contributed by atoms with E-state index in [0.717, 1.165) is 0 Å². The number of benzene rings is 1. The SMILES string of the molecule is COc1ccc(S(=O)(=O)NCC(C(=O)O)C(C)C)cc1. The Morgan fingerprint density at radius 3 is 2.25 bits per heavy atom. The first kappa shape index (κ1) is 16.5. The van der Waals surface area contributed by atoms with E-state index in [2.05, 4.69) is 4.72 Å². The summed E-state index contributed by atoms with van der Waals surface area (Å²) in [5.41, 5.74) is 0. The highest BCUT2D eigenvalue weighted by atomic mass is 32.2. The number of nitrogens with one attached hydrogen (secondary N) is 1. The molecule has 0 saturated heterocycles. The molecule has 1 unspecified atom stereocenters. The molecule has 20 heavy (non-hydrogen) atoms. The molecule has 1 aromatic rings. The lowest BCUT2D eigenvalue weighted by Gasteiger charge is -2.16. The third kappa shape index (κ3) is 4.21. The quantitative estimate of drug-likeness (QED) is 0.792. The number of hydrogen-bond acceptors (Lipinski definition) is 4. The number of carbonyl (C=O) groups is 1. The molecule has 0 spiro atoms. The van der Waals surface area contributed by atoms with Crippen molar-refractivity contribution in [2.24, 2.45) is 11.8 Å². The summed E-state index contributed by atoms with van der Waals surface area (Å²) in [4.78, 5) is 11.1. The Bertz CT molecular complexity index is 551. The fraction of sp³-hybridized carbons (Fsp3) is 0.462. The van der Waals surface area contributed by atoms with Crippen molar-refractivity contribution in [1.29, 1.82) is 0 Å². The van der Waals surface area contributed by atoms with Crippen molar-refractivity contribution in [3.05, 3.63) is 24.3 Å². The van der Waals surface area contributed by atoms with Gasteiger partial charge in [-0.25, -0.2) is 13.1 Å². The minimum absolute atomic E-state index is 0.0752. The van der Waals surface area contributed by atoms with Gasteiger partial charge in [0.15, 0.2) is 0 Å². The Kier molecular flexibility index (Phi) is 5.52. The number of carboxylic acids is 1. The van der Waals surface area contributed by atoms with Gasteiger partial charge in [-0.2, -0.15) is 0 Å². The van der Waals surface area contributed by atoms with E-state index in [4.69, 9.17) is 9.84 Å². The molecule has 0 aliphatic carbocycles. The van der Waals surface area contributed by atoms with Crippen LogP contribution in [0.3, 0.4) is 0 Å². The first-order valence-electron chi connectivity index (χ1n) is 6.14. The molecule has 0 amide bonds. The largest absolute Gasteiger partial charge is 0.497 e. The van der Waals surface area contributed by atoms with Crippen LogP contribution in [0, 0.1) is 11.8 Å². The lowest BCUT2D eigenvalue weighted by Crippen LogP contribution is -2.35. The van der Waals surface area contributed by atoms with Gasteiger partial charge in [-0.3, -0.25) is 4.79 Å². The third-order valence-electron chi connectivity index (χ3n) is 2.98. The maximum absolute atomic E-state index is 12.0. The van der Waals surface area contributed by atoms with Crippen LogP contribution >= 0.6 is 0 Å². The zero-order valence-electron chi connectivity index (χ0n) is 11.7. The van der Waals surface area contributed by atoms with Crippen molar-refractivity contribution in [1.82, 2.24) is 4.72 Å². The highest BCUT2D eigenvalue weighted by molar-refractivity contribution is 7.89. The number of rotatable bonds is 7. The van der Waals surface area contributed by atoms with Gasteiger partial charge in [0.05, 0.1) is 17.9 Å². The Morgan fingerprint density at radius 2 is 1.85 bits per heavy atom. The molecule has 0 radical (unpaired) electrons. The fourth-order valence-corrected chi connectivity index (χ4v) is 2.71. The van der Waals surface area contributed by atoms with E-state index >= 15 is 0 Å². The first-order valence-corrected chi connectivity index (χ1v) is 7.62. The average Bonchev–Trinajstić information content (AvgIpc) is 2.38. The first-order chi connectivity index (χ1) is 9.27. The standard InChI is InChI=1S/C13H19NO5S/c1-9(2)12(13(15)16)8-14-20(17,18)11-6-4-10(19-3)5-7-11/h4-7,9,12,14H,8H2,1-3H3,(H,15,16). The molecule has 7 heteroatoms. The molecule has 0 aromatic heterocycles. The van der Waals surface area contributed by atoms with Gasteiger partial charge in [0, 0.05) is 6.54 Å². The van der Waals surface area contributed by atoms with Gasteiger partial charge in [-0.15, -0.1) is 0 Å². The average molecular weight is 301 g/mol. The summed E-state index contributed by atoms with van der Waals surface area (Å²) in [6.45, 7) is 3.34. The number of carboxylic acid groups (broad SMARTS) is 1. The molecule has 112 valence electrons. The monoisotopic (exact) mass is 301 g/mol. The van der Waals surface area contributed by atoms with Crippen LogP contribution in [0.25, 0.3) is 0 Å². The second kappa shape index (κ2) is 6.71. The Balaban J connectivity index is 2.81. The lowest BCUT2D eigenvalue weighted by atomic mass is 9.97. The van der Waals surface area contributed by atoms with E-state index in [1.165, 1.54) is 31.4 Å². The fourth-order valence-electron chi connectivity index (χ4n) is 1.65. The van der Waals surface area contributed by atoms with Crippen molar-refractivity contribution in [2.75, 3.05) is 13.7 Å². The Morgan fingerprint density at radius 1 is 1.30 bits per heavy atom. The minimum atomic E-state index is -3.72. The zero-order valence-corrected chi connectivity index (χ0v) is 12.5. The maximum Gasteiger partial charge on any atom is 0.308 e. The zero-order chi connectivity index (χ0) is 15.3. The van der Waals surface area contributed by atoms with Crippen molar-refractivity contribution < 1.29 is 23.1 Å². The van der Waals surface area contributed by atoms with E-state index in [0.29, 0.717) is 5.75 Å². The van der Waals surface area contributed by atoms with Crippen molar-refractivity contribution in [3.63, 3.8) is 0 Å². The third-order valence-corrected chi connectivity index (χ3v) is 4.42. The number of sulfonamides is 1. The number of methoxy groups -OCH3 is 1. The summed E-state index contributed by atoms with van der Waals surface area (Å²) in [6.07, 6.45) is 0. The van der Waals surface area contributed by atoms with E-state index in [9.17, 15) is 13.2 Å². The van der Waals surface area contributed by atoms with E-state index in [-0.39, 0.29) is 17.4 Å². The summed E-state index contributed by atoms with van der Waals surface area (Å²) in [5, 5.41) is 9.03. The van der Waals surface area contributed by atoms with Gasteiger partial charge in [-0.05, 0) is 30.2 Å². The topological polar surface area (TPSA) is 92.7 Å². The van der Waals surface area contributed by atoms with Crippen molar-refractivity contribution in [2.45, 2.75) is 18.7 Å². The molecule has 0 heterocycles. The molecule has 1 aromatic carbocycles. The van der Waals surface area contributed by atoms with Crippen LogP contribution in [0.15, 0.2) is 29.2 Å². The number of hydrogen-bond donors (Lipinski definition) is 2. The number of aliphatic carboxylic acids is 1. The molecule has 6 nitrogen and oxygen atoms in total. The van der Waals surface area contributed by atoms with Crippen LogP contribution in [0.4, 0.5) is 0 Å². The second-order valence-corrected chi connectivity index (χ2v) is 6.48. The molecule has 1 rings (SSSR count). The summed E-state index contributed by atoms with van der Waals surface area (Å²) < 4.78 is 31.3. The van der Waals surface area contributed by atoms with Crippen LogP contribution in [-0.4, -0.2) is 33.1 Å². The van der Waals surface area contributed by atoms with Crippen LogP contribution in [0.5, 0.6) is 5.75 Å². The molecule has 1 atom stereocenters. The smallest absolute Gasteiger partial charge is 0.308 e. The second-order valence-electron chi connectivity index (χ2n) is 4.72. The Hall–Kier alpha value is -1.60. The molecular weight excluding hydrogens is 282 g/mol. The van der Waals surface area contributed by atoms with Crippen molar-refractivity contribution >= 4 is 16.0 Å². The number of ether oxygens (including phenoxy) is 1. The van der Waals surface area contributed by atoms with Crippen LogP contribution < -0.4 is 9.46 Å². The van der Waals surface area contributed by atoms with Gasteiger partial charge < -0.3 is 9.84 Å². The van der Waals surface area contributed by atoms with Gasteiger partial charge in [0.2, 0.25) is 10.0 Å². The van der Waals surface area contributed by atoms with Crippen LogP contribution in [0.1, 0.15) is 13.8 Å². The molecule has 0 saturated carbocycles. The predicted octanol–water partition coefficient (Wildman–Crippen LogP) is 1.33. The predicted molar refractivity (Wildman–Crippen MR) is 74.1 cm³/mol. The van der Waals surface area contributed by atoms with Crippen LogP contribution in [0.2, 0.25) is 0 Å². The summed E-state index contributed by atoms with van der Waals surface area (Å²) in [6, 6.07) is 5.88.